The van der Waals surface area contributed by atoms with Gasteiger partial charge in [0.05, 0.1) is 10.6 Å². The summed E-state index contributed by atoms with van der Waals surface area (Å²) in [7, 11) is 0. The first kappa shape index (κ1) is 19.2. The van der Waals surface area contributed by atoms with Crippen molar-refractivity contribution in [1.29, 1.82) is 0 Å². The normalized spacial score (nSPS) is 19.2. The van der Waals surface area contributed by atoms with Crippen molar-refractivity contribution in [1.82, 2.24) is 5.32 Å². The molecule has 1 aliphatic rings. The van der Waals surface area contributed by atoms with Crippen LogP contribution in [0, 0.1) is 5.82 Å². The quantitative estimate of drug-likeness (QED) is 0.790. The number of nitrogens with one attached hydrogen (secondary N) is 2. The molecule has 2 aromatic carbocycles. The molecule has 2 amide bonds. The summed E-state index contributed by atoms with van der Waals surface area (Å²) in [6.45, 7) is 0. The lowest BCUT2D eigenvalue weighted by molar-refractivity contribution is 0.0711. The molecule has 1 fully saturated rings. The maximum Gasteiger partial charge on any atom is 0.411 e. The van der Waals surface area contributed by atoms with E-state index in [1.54, 1.807) is 12.1 Å². The van der Waals surface area contributed by atoms with Gasteiger partial charge in [-0.15, -0.1) is 0 Å². The number of amides is 2. The average Bonchev–Trinajstić information content (AvgIpc) is 2.62. The molecule has 5 nitrogen and oxygen atoms in total. The largest absolute Gasteiger partial charge is 0.446 e. The van der Waals surface area contributed by atoms with E-state index in [4.69, 9.17) is 16.3 Å². The molecule has 0 aromatic heterocycles. The molecule has 0 spiro atoms. The smallest absolute Gasteiger partial charge is 0.411 e. The zero-order valence-corrected chi connectivity index (χ0v) is 15.3. The van der Waals surface area contributed by atoms with Gasteiger partial charge in [0.25, 0.3) is 5.91 Å². The highest BCUT2D eigenvalue weighted by atomic mass is 35.5. The van der Waals surface area contributed by atoms with Gasteiger partial charge in [-0.1, -0.05) is 35.9 Å². The molecule has 2 atom stereocenters. The van der Waals surface area contributed by atoms with E-state index in [0.717, 1.165) is 19.3 Å². The van der Waals surface area contributed by atoms with Crippen molar-refractivity contribution >= 4 is 29.3 Å². The van der Waals surface area contributed by atoms with Crippen LogP contribution in [0.2, 0.25) is 5.02 Å². The zero-order valence-electron chi connectivity index (χ0n) is 14.6. The predicted octanol–water partition coefficient (Wildman–Crippen LogP) is 4.77. The lowest BCUT2D eigenvalue weighted by Gasteiger charge is -2.29. The summed E-state index contributed by atoms with van der Waals surface area (Å²) < 4.78 is 19.3. The van der Waals surface area contributed by atoms with Crippen molar-refractivity contribution in [2.75, 3.05) is 5.32 Å². The SMILES string of the molecule is O=C(Nc1ccccc1)O[C@@H]1CCC[C@H](NC(=O)c2c(F)cccc2Cl)C1. The fraction of sp³-hybridized carbons (Fsp3) is 0.300. The van der Waals surface area contributed by atoms with E-state index >= 15 is 0 Å². The summed E-state index contributed by atoms with van der Waals surface area (Å²) in [5, 5.41) is 5.53. The van der Waals surface area contributed by atoms with Gasteiger partial charge in [0.1, 0.15) is 11.9 Å². The number of hydrogen-bond donors (Lipinski definition) is 2. The molecular weight excluding hydrogens is 371 g/mol. The summed E-state index contributed by atoms with van der Waals surface area (Å²) >= 11 is 5.94. The Bertz CT molecular complexity index is 796. The third-order valence-corrected chi connectivity index (χ3v) is 4.76. The maximum atomic E-state index is 13.9. The minimum Gasteiger partial charge on any atom is -0.446 e. The number of para-hydroxylation sites is 1. The van der Waals surface area contributed by atoms with Crippen LogP contribution in [0.3, 0.4) is 0 Å². The molecule has 1 saturated carbocycles. The Morgan fingerprint density at radius 2 is 1.85 bits per heavy atom. The first-order valence-electron chi connectivity index (χ1n) is 8.80. The lowest BCUT2D eigenvalue weighted by atomic mass is 9.92. The molecule has 27 heavy (non-hydrogen) atoms. The van der Waals surface area contributed by atoms with Gasteiger partial charge in [-0.25, -0.2) is 9.18 Å². The van der Waals surface area contributed by atoms with Crippen molar-refractivity contribution in [2.24, 2.45) is 0 Å². The van der Waals surface area contributed by atoms with Crippen molar-refractivity contribution in [3.8, 4) is 0 Å². The number of carbonyl (C=O) groups is 2. The number of halogens is 2. The van der Waals surface area contributed by atoms with Crippen LogP contribution in [-0.2, 0) is 4.74 Å². The predicted molar refractivity (Wildman–Crippen MR) is 101 cm³/mol. The highest BCUT2D eigenvalue weighted by molar-refractivity contribution is 6.33. The number of ether oxygens (including phenoxy) is 1. The van der Waals surface area contributed by atoms with Crippen molar-refractivity contribution in [2.45, 2.75) is 37.8 Å². The first-order chi connectivity index (χ1) is 13.0. The minimum absolute atomic E-state index is 0.0679. The minimum atomic E-state index is -0.661. The first-order valence-corrected chi connectivity index (χ1v) is 9.18. The molecule has 7 heteroatoms. The average molecular weight is 391 g/mol. The number of anilines is 1. The van der Waals surface area contributed by atoms with E-state index in [9.17, 15) is 14.0 Å². The Hall–Kier alpha value is -2.60. The molecular formula is C20H20ClFN2O3. The molecule has 1 aliphatic carbocycles. The second-order valence-electron chi connectivity index (χ2n) is 6.45. The molecule has 0 heterocycles. The van der Waals surface area contributed by atoms with Gasteiger partial charge in [0, 0.05) is 18.2 Å². The van der Waals surface area contributed by atoms with Gasteiger partial charge in [0.2, 0.25) is 0 Å². The zero-order chi connectivity index (χ0) is 19.2. The summed E-state index contributed by atoms with van der Waals surface area (Å²) in [5.74, 6) is -1.22. The van der Waals surface area contributed by atoms with Crippen LogP contribution in [0.15, 0.2) is 48.5 Å². The molecule has 2 N–H and O–H groups in total. The Kier molecular flexibility index (Phi) is 6.29. The fourth-order valence-electron chi connectivity index (χ4n) is 3.18. The van der Waals surface area contributed by atoms with E-state index in [-0.39, 0.29) is 22.7 Å². The van der Waals surface area contributed by atoms with Gasteiger partial charge in [-0.3, -0.25) is 10.1 Å². The van der Waals surface area contributed by atoms with Crippen molar-refractivity contribution in [3.63, 3.8) is 0 Å². The van der Waals surface area contributed by atoms with Crippen LogP contribution < -0.4 is 10.6 Å². The van der Waals surface area contributed by atoms with Crippen LogP contribution in [0.25, 0.3) is 0 Å². The second-order valence-corrected chi connectivity index (χ2v) is 6.86. The summed E-state index contributed by atoms with van der Waals surface area (Å²) in [4.78, 5) is 24.4. The van der Waals surface area contributed by atoms with E-state index in [0.29, 0.717) is 12.1 Å². The molecule has 0 radical (unpaired) electrons. The van der Waals surface area contributed by atoms with Gasteiger partial charge >= 0.3 is 6.09 Å². The van der Waals surface area contributed by atoms with Crippen LogP contribution in [0.5, 0.6) is 0 Å². The number of carbonyl (C=O) groups excluding carboxylic acids is 2. The Morgan fingerprint density at radius 3 is 2.59 bits per heavy atom. The summed E-state index contributed by atoms with van der Waals surface area (Å²) in [5.41, 5.74) is 0.487. The van der Waals surface area contributed by atoms with Gasteiger partial charge in [-0.05, 0) is 43.5 Å². The standard InChI is InChI=1S/C20H20ClFN2O3/c21-16-10-5-11-17(22)18(16)19(25)23-14-8-4-9-15(12-14)27-20(26)24-13-6-2-1-3-7-13/h1-3,5-7,10-11,14-15H,4,8-9,12H2,(H,23,25)(H,24,26)/t14-,15+/m0/s1. The maximum absolute atomic E-state index is 13.9. The van der Waals surface area contributed by atoms with Crippen LogP contribution in [0.4, 0.5) is 14.9 Å². The fourth-order valence-corrected chi connectivity index (χ4v) is 3.42. The Morgan fingerprint density at radius 1 is 1.07 bits per heavy atom. The highest BCUT2D eigenvalue weighted by Gasteiger charge is 2.27. The molecule has 0 bridgehead atoms. The lowest BCUT2D eigenvalue weighted by Crippen LogP contribution is -2.41. The van der Waals surface area contributed by atoms with E-state index in [1.165, 1.54) is 18.2 Å². The monoisotopic (exact) mass is 390 g/mol. The molecule has 0 saturated heterocycles. The van der Waals surface area contributed by atoms with Crippen LogP contribution in [-0.4, -0.2) is 24.1 Å². The molecule has 0 aliphatic heterocycles. The molecule has 0 unspecified atom stereocenters. The van der Waals surface area contributed by atoms with E-state index < -0.39 is 17.8 Å². The Labute approximate surface area is 161 Å². The van der Waals surface area contributed by atoms with E-state index in [2.05, 4.69) is 10.6 Å². The Balaban J connectivity index is 1.55. The molecule has 2 aromatic rings. The molecule has 142 valence electrons. The van der Waals surface area contributed by atoms with Crippen LogP contribution in [0.1, 0.15) is 36.0 Å². The van der Waals surface area contributed by atoms with Crippen molar-refractivity contribution in [3.05, 3.63) is 64.9 Å². The topological polar surface area (TPSA) is 67.4 Å². The third kappa shape index (κ3) is 5.20. The molecule has 3 rings (SSSR count). The van der Waals surface area contributed by atoms with Gasteiger partial charge in [-0.2, -0.15) is 0 Å². The highest BCUT2D eigenvalue weighted by Crippen LogP contribution is 2.24. The van der Waals surface area contributed by atoms with E-state index in [1.807, 2.05) is 18.2 Å². The number of hydrogen-bond acceptors (Lipinski definition) is 3. The van der Waals surface area contributed by atoms with Crippen molar-refractivity contribution < 1.29 is 18.7 Å². The van der Waals surface area contributed by atoms with Gasteiger partial charge < -0.3 is 10.1 Å². The second kappa shape index (κ2) is 8.86. The summed E-state index contributed by atoms with van der Waals surface area (Å²) in [6.07, 6.45) is 1.87. The van der Waals surface area contributed by atoms with Crippen LogP contribution >= 0.6 is 11.6 Å². The van der Waals surface area contributed by atoms with Gasteiger partial charge in [0.15, 0.2) is 0 Å². The number of benzene rings is 2. The third-order valence-electron chi connectivity index (χ3n) is 4.45. The number of rotatable bonds is 4. The summed E-state index contributed by atoms with van der Waals surface area (Å²) in [6, 6.07) is 12.9.